The van der Waals surface area contributed by atoms with E-state index < -0.39 is 0 Å². The zero-order chi connectivity index (χ0) is 15.1. The largest absolute Gasteiger partial charge is 0.370 e. The molecule has 3 aliphatic rings. The smallest absolute Gasteiger partial charge is 0.0810 e. The van der Waals surface area contributed by atoms with Gasteiger partial charge < -0.3 is 10.1 Å². The molecular formula is C19H35NO. The van der Waals surface area contributed by atoms with Crippen LogP contribution in [0.4, 0.5) is 0 Å². The van der Waals surface area contributed by atoms with E-state index in [-0.39, 0.29) is 5.60 Å². The van der Waals surface area contributed by atoms with Gasteiger partial charge >= 0.3 is 0 Å². The van der Waals surface area contributed by atoms with Crippen LogP contribution in [0.1, 0.15) is 79.1 Å². The number of hydrogen-bond donors (Lipinski definition) is 1. The molecule has 0 radical (unpaired) electrons. The Balaban J connectivity index is 1.75. The molecule has 0 spiro atoms. The molecule has 122 valence electrons. The van der Waals surface area contributed by atoms with E-state index in [1.54, 1.807) is 0 Å². The first kappa shape index (κ1) is 15.8. The molecule has 0 aromatic rings. The highest BCUT2D eigenvalue weighted by atomic mass is 16.5. The normalized spacial score (nSPS) is 40.6. The summed E-state index contributed by atoms with van der Waals surface area (Å²) >= 11 is 0. The fourth-order valence-corrected chi connectivity index (χ4v) is 5.50. The molecule has 3 fully saturated rings. The molecule has 3 rings (SSSR count). The summed E-state index contributed by atoms with van der Waals surface area (Å²) in [6.45, 7) is 11.8. The molecule has 2 heteroatoms. The third-order valence-electron chi connectivity index (χ3n) is 7.57. The Bertz CT molecular complexity index is 372. The number of hydrogen-bond acceptors (Lipinski definition) is 2. The molecule has 3 unspecified atom stereocenters. The highest BCUT2D eigenvalue weighted by molar-refractivity contribution is 5.12. The van der Waals surface area contributed by atoms with Crippen molar-refractivity contribution in [3.05, 3.63) is 0 Å². The van der Waals surface area contributed by atoms with Crippen molar-refractivity contribution in [3.8, 4) is 0 Å². The number of fused-ring (bicyclic) bond motifs is 2. The zero-order valence-electron chi connectivity index (χ0n) is 14.6. The summed E-state index contributed by atoms with van der Waals surface area (Å²) in [6.07, 6.45) is 11.2. The summed E-state index contributed by atoms with van der Waals surface area (Å²) in [4.78, 5) is 0. The van der Waals surface area contributed by atoms with E-state index in [0.29, 0.717) is 16.9 Å². The minimum atomic E-state index is 0.127. The summed E-state index contributed by atoms with van der Waals surface area (Å²) in [6, 6.07) is 0. The Labute approximate surface area is 131 Å². The minimum absolute atomic E-state index is 0.127. The highest BCUT2D eigenvalue weighted by Gasteiger charge is 2.62. The maximum atomic E-state index is 6.95. The van der Waals surface area contributed by atoms with Crippen LogP contribution >= 0.6 is 0 Å². The Morgan fingerprint density at radius 3 is 2.29 bits per heavy atom. The van der Waals surface area contributed by atoms with E-state index in [2.05, 4.69) is 33.0 Å². The predicted molar refractivity (Wildman–Crippen MR) is 88.5 cm³/mol. The van der Waals surface area contributed by atoms with Crippen molar-refractivity contribution in [1.82, 2.24) is 5.32 Å². The van der Waals surface area contributed by atoms with Gasteiger partial charge in [0.2, 0.25) is 0 Å². The first-order valence-electron chi connectivity index (χ1n) is 9.32. The molecule has 21 heavy (non-hydrogen) atoms. The number of nitrogens with one attached hydrogen (secondary N) is 1. The Morgan fingerprint density at radius 2 is 1.76 bits per heavy atom. The number of likely N-dealkylation sites (N-methyl/N-ethyl adjacent to an activating group) is 1. The van der Waals surface area contributed by atoms with Crippen molar-refractivity contribution in [2.75, 3.05) is 13.1 Å². The lowest BCUT2D eigenvalue weighted by Crippen LogP contribution is -2.50. The lowest BCUT2D eigenvalue weighted by Gasteiger charge is -2.46. The highest BCUT2D eigenvalue weighted by Crippen LogP contribution is 2.66. The van der Waals surface area contributed by atoms with Crippen LogP contribution in [-0.2, 0) is 4.74 Å². The van der Waals surface area contributed by atoms with Crippen LogP contribution in [0.15, 0.2) is 0 Å². The summed E-state index contributed by atoms with van der Waals surface area (Å²) in [7, 11) is 0. The minimum Gasteiger partial charge on any atom is -0.370 e. The predicted octanol–water partition coefficient (Wildman–Crippen LogP) is 4.53. The molecule has 3 aliphatic carbocycles. The second-order valence-corrected chi connectivity index (χ2v) is 8.74. The Hall–Kier alpha value is -0.0800. The molecule has 2 bridgehead atoms. The third-order valence-corrected chi connectivity index (χ3v) is 7.57. The summed E-state index contributed by atoms with van der Waals surface area (Å²) in [5.41, 5.74) is 0.989. The van der Waals surface area contributed by atoms with Crippen molar-refractivity contribution < 1.29 is 4.74 Å². The van der Waals surface area contributed by atoms with Gasteiger partial charge in [-0.25, -0.2) is 0 Å². The van der Waals surface area contributed by atoms with E-state index >= 15 is 0 Å². The molecule has 2 nitrogen and oxygen atoms in total. The standard InChI is InChI=1S/C19H35NO/c1-5-20-14-19(10-7-6-8-11-19)21-16-13-15-9-12-18(16,4)17(15,2)3/h15-16,20H,5-14H2,1-4H3. The molecule has 0 heterocycles. The van der Waals surface area contributed by atoms with Gasteiger partial charge in [0.25, 0.3) is 0 Å². The maximum Gasteiger partial charge on any atom is 0.0810 e. The SMILES string of the molecule is CCNCC1(OC2CC3CCC2(C)C3(C)C)CCCCC1. The van der Waals surface area contributed by atoms with Gasteiger partial charge in [0.15, 0.2) is 0 Å². The molecule has 1 N–H and O–H groups in total. The molecular weight excluding hydrogens is 258 g/mol. The number of rotatable bonds is 5. The van der Waals surface area contributed by atoms with Crippen molar-refractivity contribution >= 4 is 0 Å². The first-order valence-corrected chi connectivity index (χ1v) is 9.32. The van der Waals surface area contributed by atoms with Gasteiger partial charge in [0.1, 0.15) is 0 Å². The molecule has 3 saturated carbocycles. The monoisotopic (exact) mass is 293 g/mol. The van der Waals surface area contributed by atoms with Gasteiger partial charge in [0.05, 0.1) is 11.7 Å². The van der Waals surface area contributed by atoms with Crippen LogP contribution in [0.3, 0.4) is 0 Å². The van der Waals surface area contributed by atoms with Gasteiger partial charge in [-0.3, -0.25) is 0 Å². The average molecular weight is 293 g/mol. The van der Waals surface area contributed by atoms with Crippen molar-refractivity contribution in [2.24, 2.45) is 16.7 Å². The van der Waals surface area contributed by atoms with Gasteiger partial charge in [0, 0.05) is 6.54 Å². The molecule has 0 aromatic carbocycles. The topological polar surface area (TPSA) is 21.3 Å². The Kier molecular flexibility index (Phi) is 4.16. The lowest BCUT2D eigenvalue weighted by molar-refractivity contribution is -0.155. The molecule has 0 aromatic heterocycles. The van der Waals surface area contributed by atoms with Crippen LogP contribution in [0.2, 0.25) is 0 Å². The van der Waals surface area contributed by atoms with Gasteiger partial charge in [-0.2, -0.15) is 0 Å². The van der Waals surface area contributed by atoms with E-state index in [1.807, 2.05) is 0 Å². The van der Waals surface area contributed by atoms with E-state index in [4.69, 9.17) is 4.74 Å². The van der Waals surface area contributed by atoms with Crippen LogP contribution < -0.4 is 5.32 Å². The number of ether oxygens (including phenoxy) is 1. The first-order chi connectivity index (χ1) is 9.94. The average Bonchev–Trinajstić information content (AvgIpc) is 2.79. The maximum absolute atomic E-state index is 6.95. The lowest BCUT2D eigenvalue weighted by atomic mass is 9.69. The van der Waals surface area contributed by atoms with Crippen LogP contribution in [0.25, 0.3) is 0 Å². The molecule has 0 aliphatic heterocycles. The van der Waals surface area contributed by atoms with Crippen LogP contribution in [-0.4, -0.2) is 24.8 Å². The molecule has 0 saturated heterocycles. The zero-order valence-corrected chi connectivity index (χ0v) is 14.6. The third kappa shape index (κ3) is 2.47. The van der Waals surface area contributed by atoms with Gasteiger partial charge in [-0.05, 0) is 55.4 Å². The summed E-state index contributed by atoms with van der Waals surface area (Å²) in [5.74, 6) is 0.882. The second-order valence-electron chi connectivity index (χ2n) is 8.74. The summed E-state index contributed by atoms with van der Waals surface area (Å²) < 4.78 is 6.95. The Morgan fingerprint density at radius 1 is 1.05 bits per heavy atom. The van der Waals surface area contributed by atoms with E-state index in [0.717, 1.165) is 19.0 Å². The van der Waals surface area contributed by atoms with Crippen LogP contribution in [0, 0.1) is 16.7 Å². The van der Waals surface area contributed by atoms with Gasteiger partial charge in [-0.15, -0.1) is 0 Å². The summed E-state index contributed by atoms with van der Waals surface area (Å²) in [5, 5.41) is 3.59. The van der Waals surface area contributed by atoms with Crippen LogP contribution in [0.5, 0.6) is 0 Å². The van der Waals surface area contributed by atoms with Crippen molar-refractivity contribution in [2.45, 2.75) is 90.8 Å². The van der Waals surface area contributed by atoms with Crippen molar-refractivity contribution in [3.63, 3.8) is 0 Å². The fourth-order valence-electron chi connectivity index (χ4n) is 5.50. The second kappa shape index (κ2) is 5.53. The van der Waals surface area contributed by atoms with E-state index in [9.17, 15) is 0 Å². The molecule has 0 amide bonds. The van der Waals surface area contributed by atoms with Crippen molar-refractivity contribution in [1.29, 1.82) is 0 Å². The van der Waals surface area contributed by atoms with Gasteiger partial charge in [-0.1, -0.05) is 47.0 Å². The molecule has 3 atom stereocenters. The fraction of sp³-hybridized carbons (Fsp3) is 1.00. The quantitative estimate of drug-likeness (QED) is 0.804. The van der Waals surface area contributed by atoms with E-state index in [1.165, 1.54) is 51.4 Å².